The lowest BCUT2D eigenvalue weighted by Crippen LogP contribution is -2.48. The quantitative estimate of drug-likeness (QED) is 0.566. The van der Waals surface area contributed by atoms with Crippen LogP contribution in [0.25, 0.3) is 0 Å². The Labute approximate surface area is 180 Å². The molecule has 158 valence electrons. The van der Waals surface area contributed by atoms with Crippen molar-refractivity contribution < 1.29 is 4.79 Å². The highest BCUT2D eigenvalue weighted by Crippen LogP contribution is 2.37. The molecule has 1 atom stereocenters. The number of carbonyl (C=O) groups is 1. The summed E-state index contributed by atoms with van der Waals surface area (Å²) < 4.78 is 0.980. The van der Waals surface area contributed by atoms with E-state index in [4.69, 9.17) is 5.73 Å². The van der Waals surface area contributed by atoms with Gasteiger partial charge in [0.25, 0.3) is 0 Å². The summed E-state index contributed by atoms with van der Waals surface area (Å²) in [6.07, 6.45) is 5.35. The Morgan fingerprint density at radius 3 is 2.25 bits per heavy atom. The molecule has 1 fully saturated rings. The largest absolute Gasteiger partial charge is 0.369 e. The molecular formula is C23H38BrN3O. The van der Waals surface area contributed by atoms with E-state index in [0.717, 1.165) is 49.1 Å². The molecular weight excluding hydrogens is 414 g/mol. The lowest BCUT2D eigenvalue weighted by Gasteiger charge is -2.38. The Hall–Kier alpha value is -0.910. The third-order valence-electron chi connectivity index (χ3n) is 6.29. The first-order valence-corrected chi connectivity index (χ1v) is 11.6. The highest BCUT2D eigenvalue weighted by atomic mass is 79.9. The number of piperidine rings is 1. The molecule has 1 aliphatic heterocycles. The topological polar surface area (TPSA) is 49.6 Å². The zero-order chi connectivity index (χ0) is 20.7. The fraction of sp³-hybridized carbons (Fsp3) is 0.696. The van der Waals surface area contributed by atoms with Crippen LogP contribution in [-0.4, -0.2) is 54.0 Å². The summed E-state index contributed by atoms with van der Waals surface area (Å²) in [5, 5.41) is 0. The van der Waals surface area contributed by atoms with Gasteiger partial charge in [-0.15, -0.1) is 0 Å². The maximum atomic E-state index is 13.0. The van der Waals surface area contributed by atoms with E-state index in [9.17, 15) is 4.79 Å². The van der Waals surface area contributed by atoms with Gasteiger partial charge in [0.05, 0.1) is 5.41 Å². The molecule has 1 amide bonds. The summed E-state index contributed by atoms with van der Waals surface area (Å²) in [6, 6.07) is 8.98. The molecule has 4 nitrogen and oxygen atoms in total. The van der Waals surface area contributed by atoms with Crippen LogP contribution in [0.3, 0.4) is 0 Å². The molecule has 0 saturated carbocycles. The van der Waals surface area contributed by atoms with Gasteiger partial charge in [0, 0.05) is 23.1 Å². The molecule has 1 aliphatic rings. The summed E-state index contributed by atoms with van der Waals surface area (Å²) in [4.78, 5) is 17.9. The van der Waals surface area contributed by atoms with Crippen LogP contribution >= 0.6 is 15.9 Å². The second kappa shape index (κ2) is 10.7. The van der Waals surface area contributed by atoms with Crippen molar-refractivity contribution in [2.75, 3.05) is 26.2 Å². The summed E-state index contributed by atoms with van der Waals surface area (Å²) in [6.45, 7) is 12.9. The average Bonchev–Trinajstić information content (AvgIpc) is 2.65. The van der Waals surface area contributed by atoms with Crippen LogP contribution in [0.15, 0.2) is 28.7 Å². The number of nitrogens with zero attached hydrogens (tertiary/aromatic N) is 2. The molecule has 0 spiro atoms. The third kappa shape index (κ3) is 5.80. The summed E-state index contributed by atoms with van der Waals surface area (Å²) in [5.41, 5.74) is 6.51. The molecule has 28 heavy (non-hydrogen) atoms. The van der Waals surface area contributed by atoms with Crippen molar-refractivity contribution in [1.82, 2.24) is 9.80 Å². The minimum Gasteiger partial charge on any atom is -0.369 e. The Morgan fingerprint density at radius 2 is 1.71 bits per heavy atom. The average molecular weight is 452 g/mol. The van der Waals surface area contributed by atoms with Crippen molar-refractivity contribution in [3.63, 3.8) is 0 Å². The van der Waals surface area contributed by atoms with Gasteiger partial charge in [0.2, 0.25) is 5.91 Å². The second-order valence-corrected chi connectivity index (χ2v) is 9.61. The highest BCUT2D eigenvalue weighted by Gasteiger charge is 2.40. The maximum Gasteiger partial charge on any atom is 0.228 e. The zero-order valence-corrected chi connectivity index (χ0v) is 19.7. The second-order valence-electron chi connectivity index (χ2n) is 8.75. The fourth-order valence-corrected chi connectivity index (χ4v) is 5.25. The predicted molar refractivity (Wildman–Crippen MR) is 122 cm³/mol. The highest BCUT2D eigenvalue weighted by molar-refractivity contribution is 9.10. The molecule has 0 bridgehead atoms. The first-order chi connectivity index (χ1) is 13.3. The van der Waals surface area contributed by atoms with Crippen LogP contribution in [0.4, 0.5) is 0 Å². The first kappa shape index (κ1) is 23.4. The number of nitrogens with two attached hydrogens (primary N) is 1. The van der Waals surface area contributed by atoms with Gasteiger partial charge < -0.3 is 10.6 Å². The van der Waals surface area contributed by atoms with E-state index in [1.54, 1.807) is 0 Å². The van der Waals surface area contributed by atoms with Crippen LogP contribution in [0.2, 0.25) is 0 Å². The Kier molecular flexibility index (Phi) is 8.97. The Morgan fingerprint density at radius 1 is 1.11 bits per heavy atom. The lowest BCUT2D eigenvalue weighted by atomic mass is 9.73. The lowest BCUT2D eigenvalue weighted by molar-refractivity contribution is -0.124. The number of hydrogen-bond donors (Lipinski definition) is 1. The van der Waals surface area contributed by atoms with Crippen molar-refractivity contribution in [2.24, 2.45) is 5.73 Å². The normalized spacial score (nSPS) is 18.0. The van der Waals surface area contributed by atoms with Gasteiger partial charge in [0.1, 0.15) is 0 Å². The fourth-order valence-electron chi connectivity index (χ4n) is 4.59. The molecule has 0 aromatic heterocycles. The van der Waals surface area contributed by atoms with Crippen molar-refractivity contribution in [1.29, 1.82) is 0 Å². The number of likely N-dealkylation sites (tertiary alicyclic amines) is 1. The minimum absolute atomic E-state index is 0.205. The SMILES string of the molecule is CC(C)N(CC[C@@](CCN1CCCCC1)(C(N)=O)c1ccccc1Br)C(C)C. The summed E-state index contributed by atoms with van der Waals surface area (Å²) in [7, 11) is 0. The third-order valence-corrected chi connectivity index (χ3v) is 6.98. The van der Waals surface area contributed by atoms with E-state index in [-0.39, 0.29) is 5.91 Å². The van der Waals surface area contributed by atoms with Crippen molar-refractivity contribution in [2.45, 2.75) is 77.3 Å². The number of carbonyl (C=O) groups excluding carboxylic acids is 1. The van der Waals surface area contributed by atoms with Crippen molar-refractivity contribution >= 4 is 21.8 Å². The Balaban J connectivity index is 2.31. The monoisotopic (exact) mass is 451 g/mol. The number of benzene rings is 1. The number of hydrogen-bond acceptors (Lipinski definition) is 3. The van der Waals surface area contributed by atoms with E-state index in [1.807, 2.05) is 18.2 Å². The van der Waals surface area contributed by atoms with Crippen molar-refractivity contribution in [3.05, 3.63) is 34.3 Å². The predicted octanol–water partition coefficient (Wildman–Crippen LogP) is 4.56. The Bertz CT molecular complexity index is 620. The van der Waals surface area contributed by atoms with Gasteiger partial charge in [-0.2, -0.15) is 0 Å². The smallest absolute Gasteiger partial charge is 0.228 e. The standard InChI is InChI=1S/C23H38BrN3O/c1-18(2)27(19(3)4)17-13-23(22(25)28,20-10-6-7-11-21(20)24)12-16-26-14-8-5-9-15-26/h6-7,10-11,18-19H,5,8-9,12-17H2,1-4H3,(H2,25,28)/t23-/m1/s1. The van der Waals surface area contributed by atoms with Gasteiger partial charge in [-0.1, -0.05) is 40.5 Å². The van der Waals surface area contributed by atoms with Crippen molar-refractivity contribution in [3.8, 4) is 0 Å². The van der Waals surface area contributed by atoms with E-state index < -0.39 is 5.41 Å². The van der Waals surface area contributed by atoms with E-state index in [0.29, 0.717) is 12.1 Å². The van der Waals surface area contributed by atoms with Gasteiger partial charge in [0.15, 0.2) is 0 Å². The molecule has 0 unspecified atom stereocenters. The van der Waals surface area contributed by atoms with Gasteiger partial charge >= 0.3 is 0 Å². The van der Waals surface area contributed by atoms with Gasteiger partial charge in [-0.3, -0.25) is 9.69 Å². The molecule has 1 aromatic carbocycles. The summed E-state index contributed by atoms with van der Waals surface area (Å²) in [5.74, 6) is -0.205. The molecule has 1 heterocycles. The number of amides is 1. The van der Waals surface area contributed by atoms with Crippen LogP contribution in [0, 0.1) is 0 Å². The van der Waals surface area contributed by atoms with Crippen LogP contribution < -0.4 is 5.73 Å². The van der Waals surface area contributed by atoms with Gasteiger partial charge in [-0.05, 0) is 84.6 Å². The van der Waals surface area contributed by atoms with Crippen LogP contribution in [0.1, 0.15) is 65.4 Å². The maximum absolute atomic E-state index is 13.0. The first-order valence-electron chi connectivity index (χ1n) is 10.8. The number of rotatable bonds is 10. The molecule has 1 saturated heterocycles. The van der Waals surface area contributed by atoms with Gasteiger partial charge in [-0.25, -0.2) is 0 Å². The van der Waals surface area contributed by atoms with E-state index >= 15 is 0 Å². The van der Waals surface area contributed by atoms with E-state index in [2.05, 4.69) is 59.5 Å². The molecule has 1 aromatic rings. The van der Waals surface area contributed by atoms with Crippen LogP contribution in [-0.2, 0) is 10.2 Å². The minimum atomic E-state index is -0.653. The van der Waals surface area contributed by atoms with E-state index in [1.165, 1.54) is 19.3 Å². The summed E-state index contributed by atoms with van der Waals surface area (Å²) >= 11 is 3.70. The molecule has 0 radical (unpaired) electrons. The molecule has 2 rings (SSSR count). The zero-order valence-electron chi connectivity index (χ0n) is 18.1. The number of halogens is 1. The molecule has 0 aliphatic carbocycles. The number of primary amides is 1. The molecule has 5 heteroatoms. The van der Waals surface area contributed by atoms with Crippen LogP contribution in [0.5, 0.6) is 0 Å². The molecule has 2 N–H and O–H groups in total.